The van der Waals surface area contributed by atoms with E-state index in [0.717, 1.165) is 23.8 Å². The van der Waals surface area contributed by atoms with Crippen molar-refractivity contribution in [2.45, 2.75) is 25.8 Å². The molecule has 1 aromatic carbocycles. The summed E-state index contributed by atoms with van der Waals surface area (Å²) in [6.45, 7) is 3.07. The van der Waals surface area contributed by atoms with Crippen LogP contribution in [0.2, 0.25) is 0 Å². The van der Waals surface area contributed by atoms with Gasteiger partial charge in [0.15, 0.2) is 0 Å². The number of aromatic carboxylic acids is 1. The molecule has 1 N–H and O–H groups in total. The zero-order valence-electron chi connectivity index (χ0n) is 14.4. The van der Waals surface area contributed by atoms with E-state index in [4.69, 9.17) is 0 Å². The van der Waals surface area contributed by atoms with Gasteiger partial charge in [0, 0.05) is 23.4 Å². The molecule has 0 spiro atoms. The first-order valence-electron chi connectivity index (χ1n) is 8.58. The van der Waals surface area contributed by atoms with E-state index in [-0.39, 0.29) is 17.5 Å². The number of piperidine rings is 1. The third-order valence-corrected chi connectivity index (χ3v) is 5.97. The zero-order valence-corrected chi connectivity index (χ0v) is 15.2. The van der Waals surface area contributed by atoms with E-state index in [9.17, 15) is 14.7 Å². The van der Waals surface area contributed by atoms with Crippen LogP contribution in [0, 0.1) is 6.92 Å². The van der Waals surface area contributed by atoms with E-state index in [1.165, 1.54) is 10.9 Å². The zero-order chi connectivity index (χ0) is 18.3. The number of likely N-dealkylation sites (tertiary alicyclic amines) is 1. The number of amides is 1. The monoisotopic (exact) mass is 369 g/mol. The van der Waals surface area contributed by atoms with Crippen molar-refractivity contribution >= 4 is 33.3 Å². The van der Waals surface area contributed by atoms with E-state index in [1.54, 1.807) is 22.9 Å². The first-order chi connectivity index (χ1) is 12.5. The lowest BCUT2D eigenvalue weighted by Crippen LogP contribution is -2.39. The number of carbonyl (C=O) groups is 2. The lowest BCUT2D eigenvalue weighted by Gasteiger charge is -2.32. The van der Waals surface area contributed by atoms with Crippen molar-refractivity contribution in [3.63, 3.8) is 0 Å². The molecule has 0 saturated carbocycles. The van der Waals surface area contributed by atoms with Gasteiger partial charge >= 0.3 is 5.97 Å². The van der Waals surface area contributed by atoms with Gasteiger partial charge in [-0.3, -0.25) is 9.48 Å². The van der Waals surface area contributed by atoms with Crippen molar-refractivity contribution in [2.75, 3.05) is 13.1 Å². The van der Waals surface area contributed by atoms with Crippen LogP contribution < -0.4 is 0 Å². The third kappa shape index (κ3) is 2.88. The van der Waals surface area contributed by atoms with Crippen molar-refractivity contribution in [2.24, 2.45) is 0 Å². The first-order valence-corrected chi connectivity index (χ1v) is 9.46. The predicted octanol–water partition coefficient (Wildman–Crippen LogP) is 3.58. The molecule has 1 aliphatic heterocycles. The van der Waals surface area contributed by atoms with Gasteiger partial charge in [-0.1, -0.05) is 0 Å². The Bertz CT molecular complexity index is 983. The van der Waals surface area contributed by atoms with Crippen molar-refractivity contribution in [3.05, 3.63) is 52.7 Å². The molecular weight excluding hydrogens is 350 g/mol. The molecule has 0 radical (unpaired) electrons. The Morgan fingerprint density at radius 3 is 2.69 bits per heavy atom. The molecule has 3 aromatic rings. The molecule has 1 fully saturated rings. The van der Waals surface area contributed by atoms with Crippen LogP contribution in [0.4, 0.5) is 0 Å². The van der Waals surface area contributed by atoms with Gasteiger partial charge in [-0.05, 0) is 54.8 Å². The van der Waals surface area contributed by atoms with Gasteiger partial charge in [0.2, 0.25) is 0 Å². The molecule has 0 atom stereocenters. The summed E-state index contributed by atoms with van der Waals surface area (Å²) in [5, 5.41) is 16.6. The van der Waals surface area contributed by atoms with Crippen molar-refractivity contribution in [1.29, 1.82) is 0 Å². The number of hydrogen-bond donors (Lipinski definition) is 1. The van der Waals surface area contributed by atoms with Crippen LogP contribution in [-0.2, 0) is 0 Å². The van der Waals surface area contributed by atoms with Crippen molar-refractivity contribution < 1.29 is 14.7 Å². The molecule has 2 aromatic heterocycles. The van der Waals surface area contributed by atoms with E-state index >= 15 is 0 Å². The van der Waals surface area contributed by atoms with Gasteiger partial charge in [-0.15, -0.1) is 11.3 Å². The SMILES string of the molecule is Cc1c(C(=O)O)cnn1C1CCN(C(=O)c2ccc3sccc3c2)CC1. The molecule has 7 heteroatoms. The Balaban J connectivity index is 1.46. The molecule has 134 valence electrons. The summed E-state index contributed by atoms with van der Waals surface area (Å²) < 4.78 is 2.98. The smallest absolute Gasteiger partial charge is 0.339 e. The van der Waals surface area contributed by atoms with Gasteiger partial charge in [-0.25, -0.2) is 4.79 Å². The fourth-order valence-electron chi connectivity index (χ4n) is 3.60. The Labute approximate surface area is 154 Å². The summed E-state index contributed by atoms with van der Waals surface area (Å²) in [6.07, 6.45) is 2.95. The van der Waals surface area contributed by atoms with Crippen LogP contribution in [-0.4, -0.2) is 44.8 Å². The summed E-state index contributed by atoms with van der Waals surface area (Å²) in [7, 11) is 0. The Hall–Kier alpha value is -2.67. The molecule has 6 nitrogen and oxygen atoms in total. The van der Waals surface area contributed by atoms with Crippen LogP contribution in [0.15, 0.2) is 35.8 Å². The van der Waals surface area contributed by atoms with Crippen LogP contribution in [0.25, 0.3) is 10.1 Å². The minimum absolute atomic E-state index is 0.0555. The van der Waals surface area contributed by atoms with Gasteiger partial charge in [0.05, 0.1) is 17.9 Å². The standard InChI is InChI=1S/C19H19N3O3S/c1-12-16(19(24)25)11-20-22(12)15-4-7-21(8-5-15)18(23)14-2-3-17-13(10-14)6-9-26-17/h2-3,6,9-11,15H,4-5,7-8H2,1H3,(H,24,25). The molecule has 3 heterocycles. The fourth-order valence-corrected chi connectivity index (χ4v) is 4.37. The number of fused-ring (bicyclic) bond motifs is 1. The average Bonchev–Trinajstić information content (AvgIpc) is 3.27. The summed E-state index contributed by atoms with van der Waals surface area (Å²) in [6, 6.07) is 8.01. The van der Waals surface area contributed by atoms with E-state index in [2.05, 4.69) is 5.10 Å². The Morgan fingerprint density at radius 1 is 1.23 bits per heavy atom. The first kappa shape index (κ1) is 16.8. The fraction of sp³-hybridized carbons (Fsp3) is 0.316. The van der Waals surface area contributed by atoms with Crippen LogP contribution in [0.1, 0.15) is 45.3 Å². The van der Waals surface area contributed by atoms with Crippen molar-refractivity contribution in [1.82, 2.24) is 14.7 Å². The maximum absolute atomic E-state index is 12.8. The van der Waals surface area contributed by atoms with Gasteiger partial charge < -0.3 is 10.0 Å². The molecule has 0 bridgehead atoms. The minimum Gasteiger partial charge on any atom is -0.478 e. The molecular formula is C19H19N3O3S. The van der Waals surface area contributed by atoms with Gasteiger partial charge in [0.1, 0.15) is 5.56 Å². The molecule has 1 amide bonds. The second-order valence-electron chi connectivity index (χ2n) is 6.59. The highest BCUT2D eigenvalue weighted by molar-refractivity contribution is 7.17. The lowest BCUT2D eigenvalue weighted by molar-refractivity contribution is 0.0688. The quantitative estimate of drug-likeness (QED) is 0.766. The van der Waals surface area contributed by atoms with E-state index in [1.807, 2.05) is 34.5 Å². The molecule has 0 aliphatic carbocycles. The van der Waals surface area contributed by atoms with Crippen LogP contribution in [0.3, 0.4) is 0 Å². The average molecular weight is 369 g/mol. The Kier molecular flexibility index (Phi) is 4.24. The summed E-state index contributed by atoms with van der Waals surface area (Å²) in [5.74, 6) is -0.898. The summed E-state index contributed by atoms with van der Waals surface area (Å²) >= 11 is 1.67. The summed E-state index contributed by atoms with van der Waals surface area (Å²) in [5.41, 5.74) is 1.63. The number of rotatable bonds is 3. The number of benzene rings is 1. The van der Waals surface area contributed by atoms with Crippen molar-refractivity contribution in [3.8, 4) is 0 Å². The van der Waals surface area contributed by atoms with Gasteiger partial charge in [-0.2, -0.15) is 5.10 Å². The third-order valence-electron chi connectivity index (χ3n) is 5.07. The maximum atomic E-state index is 12.8. The minimum atomic E-state index is -0.954. The molecule has 1 aliphatic rings. The van der Waals surface area contributed by atoms with E-state index in [0.29, 0.717) is 18.8 Å². The van der Waals surface area contributed by atoms with Crippen LogP contribution in [0.5, 0.6) is 0 Å². The summed E-state index contributed by atoms with van der Waals surface area (Å²) in [4.78, 5) is 25.9. The Morgan fingerprint density at radius 2 is 2.00 bits per heavy atom. The molecule has 4 rings (SSSR count). The number of carboxylic acid groups (broad SMARTS) is 1. The highest BCUT2D eigenvalue weighted by atomic mass is 32.1. The second-order valence-corrected chi connectivity index (χ2v) is 7.54. The van der Waals surface area contributed by atoms with E-state index < -0.39 is 5.97 Å². The number of nitrogens with zero attached hydrogens (tertiary/aromatic N) is 3. The predicted molar refractivity (Wildman–Crippen MR) is 99.9 cm³/mol. The molecule has 1 saturated heterocycles. The normalized spacial score (nSPS) is 15.5. The number of carbonyl (C=O) groups excluding carboxylic acids is 1. The highest BCUT2D eigenvalue weighted by Gasteiger charge is 2.27. The highest BCUT2D eigenvalue weighted by Crippen LogP contribution is 2.27. The maximum Gasteiger partial charge on any atom is 0.339 e. The molecule has 0 unspecified atom stereocenters. The largest absolute Gasteiger partial charge is 0.478 e. The van der Waals surface area contributed by atoms with Gasteiger partial charge in [0.25, 0.3) is 5.91 Å². The van der Waals surface area contributed by atoms with Crippen LogP contribution >= 0.6 is 11.3 Å². The number of thiophene rings is 1. The molecule has 26 heavy (non-hydrogen) atoms. The topological polar surface area (TPSA) is 75.4 Å². The number of carboxylic acids is 1. The lowest BCUT2D eigenvalue weighted by atomic mass is 10.0. The number of aromatic nitrogens is 2. The number of hydrogen-bond acceptors (Lipinski definition) is 4. The second kappa shape index (κ2) is 6.57.